The van der Waals surface area contributed by atoms with Crippen molar-refractivity contribution in [2.24, 2.45) is 9.98 Å². The summed E-state index contributed by atoms with van der Waals surface area (Å²) < 4.78 is 0. The third-order valence-electron chi connectivity index (χ3n) is 10.2. The first-order chi connectivity index (χ1) is 21.9. The Bertz CT molecular complexity index is 1270. The fraction of sp³-hybridized carbons (Fsp3) is 0.650. The van der Waals surface area contributed by atoms with Gasteiger partial charge in [0, 0.05) is 47.8 Å². The predicted molar refractivity (Wildman–Crippen MR) is 193 cm³/mol. The van der Waals surface area contributed by atoms with E-state index in [2.05, 4.69) is 75.6 Å². The Morgan fingerprint density at radius 1 is 0.587 bits per heavy atom. The summed E-state index contributed by atoms with van der Waals surface area (Å²) in [5.41, 5.74) is 5.75. The van der Waals surface area contributed by atoms with Gasteiger partial charge in [0.2, 0.25) is 0 Å². The molecule has 3 fully saturated rings. The van der Waals surface area contributed by atoms with Crippen molar-refractivity contribution in [3.05, 3.63) is 57.6 Å². The molecule has 6 nitrogen and oxygen atoms in total. The van der Waals surface area contributed by atoms with Gasteiger partial charge in [-0.2, -0.15) is 0 Å². The Morgan fingerprint density at radius 3 is 1.30 bits per heavy atom. The first-order valence-corrected chi connectivity index (χ1v) is 18.1. The maximum atomic E-state index is 11.4. The maximum Gasteiger partial charge on any atom is 0.128 e. The molecule has 2 saturated heterocycles. The molecule has 2 aromatic rings. The summed E-state index contributed by atoms with van der Waals surface area (Å²) in [6.45, 7) is 19.4. The molecule has 2 heterocycles. The van der Waals surface area contributed by atoms with Gasteiger partial charge in [-0.1, -0.05) is 79.4 Å². The summed E-state index contributed by atoms with van der Waals surface area (Å²) in [5, 5.41) is 22.8. The van der Waals surface area contributed by atoms with Gasteiger partial charge in [0.1, 0.15) is 11.5 Å². The summed E-state index contributed by atoms with van der Waals surface area (Å²) >= 11 is 0. The van der Waals surface area contributed by atoms with Crippen molar-refractivity contribution in [2.45, 2.75) is 142 Å². The number of aliphatic imine (C=N–C) groups is 2. The van der Waals surface area contributed by atoms with E-state index >= 15 is 0 Å². The molecule has 46 heavy (non-hydrogen) atoms. The molecular weight excluding hydrogens is 568 g/mol. The minimum Gasteiger partial charge on any atom is -0.507 e. The molecule has 3 aliphatic rings. The predicted octanol–water partition coefficient (Wildman–Crippen LogP) is 8.51. The molecule has 0 unspecified atom stereocenters. The van der Waals surface area contributed by atoms with Crippen molar-refractivity contribution in [3.8, 4) is 11.5 Å². The number of phenolic OH excluding ortho intramolecular Hbond substituents is 2. The van der Waals surface area contributed by atoms with Crippen molar-refractivity contribution in [3.63, 3.8) is 0 Å². The van der Waals surface area contributed by atoms with Crippen LogP contribution in [-0.4, -0.2) is 70.7 Å². The number of nitrogens with zero attached hydrogens (tertiary/aromatic N) is 4. The van der Waals surface area contributed by atoms with Crippen molar-refractivity contribution in [1.29, 1.82) is 0 Å². The second-order valence-electron chi connectivity index (χ2n) is 16.3. The maximum absolute atomic E-state index is 11.4. The van der Waals surface area contributed by atoms with Crippen LogP contribution in [0.5, 0.6) is 11.5 Å². The van der Waals surface area contributed by atoms with Crippen LogP contribution in [0.4, 0.5) is 0 Å². The minimum absolute atomic E-state index is 0.0500. The lowest BCUT2D eigenvalue weighted by molar-refractivity contribution is 0.220. The summed E-state index contributed by atoms with van der Waals surface area (Å²) in [6.07, 6.45) is 15.8. The molecule has 252 valence electrons. The number of hydrogen-bond acceptors (Lipinski definition) is 6. The lowest BCUT2D eigenvalue weighted by Crippen LogP contribution is -2.29. The average molecular weight is 629 g/mol. The monoisotopic (exact) mass is 628 g/mol. The Labute approximate surface area is 279 Å². The van der Waals surface area contributed by atoms with E-state index < -0.39 is 0 Å². The largest absolute Gasteiger partial charge is 0.507 e. The number of likely N-dealkylation sites (tertiary alicyclic amines) is 2. The first kappa shape index (κ1) is 34.6. The van der Waals surface area contributed by atoms with Crippen LogP contribution in [0, 0.1) is 0 Å². The highest BCUT2D eigenvalue weighted by Gasteiger charge is 2.26. The van der Waals surface area contributed by atoms with Gasteiger partial charge in [0.25, 0.3) is 0 Å². The summed E-state index contributed by atoms with van der Waals surface area (Å²) in [6, 6.07) is 8.79. The van der Waals surface area contributed by atoms with E-state index in [0.717, 1.165) is 87.2 Å². The van der Waals surface area contributed by atoms with Gasteiger partial charge in [-0.15, -0.1) is 0 Å². The first-order valence-electron chi connectivity index (χ1n) is 18.1. The van der Waals surface area contributed by atoms with Crippen molar-refractivity contribution >= 4 is 12.4 Å². The van der Waals surface area contributed by atoms with Crippen LogP contribution in [0.2, 0.25) is 0 Å². The normalized spacial score (nSPS) is 22.7. The highest BCUT2D eigenvalue weighted by Crippen LogP contribution is 2.36. The van der Waals surface area contributed by atoms with Crippen molar-refractivity contribution in [2.75, 3.05) is 26.2 Å². The third kappa shape index (κ3) is 9.01. The molecule has 2 aliphatic heterocycles. The third-order valence-corrected chi connectivity index (χ3v) is 10.2. The average Bonchev–Trinajstić information content (AvgIpc) is 3.01. The summed E-state index contributed by atoms with van der Waals surface area (Å²) in [7, 11) is 0. The van der Waals surface area contributed by atoms with E-state index in [9.17, 15) is 10.2 Å². The van der Waals surface area contributed by atoms with Crippen LogP contribution in [0.1, 0.15) is 139 Å². The van der Waals surface area contributed by atoms with Crippen molar-refractivity contribution in [1.82, 2.24) is 9.80 Å². The second-order valence-corrected chi connectivity index (χ2v) is 16.3. The summed E-state index contributed by atoms with van der Waals surface area (Å²) in [5.74, 6) is 0.694. The van der Waals surface area contributed by atoms with Gasteiger partial charge < -0.3 is 10.2 Å². The molecule has 2 atom stereocenters. The zero-order valence-electron chi connectivity index (χ0n) is 29.6. The molecule has 0 spiro atoms. The second kappa shape index (κ2) is 15.0. The molecule has 0 amide bonds. The molecular formula is C40H60N4O2. The molecule has 6 heteroatoms. The van der Waals surface area contributed by atoms with Gasteiger partial charge in [-0.05, 0) is 98.8 Å². The van der Waals surface area contributed by atoms with Gasteiger partial charge >= 0.3 is 0 Å². The SMILES string of the molecule is CC(C)(C)c1cc(CN2CCCCC2)cc(C=N[C@@H]2CCCC[C@H]2N=Cc2cc(CN3CCCCC3)cc(C(C)(C)C)c2O)c1O. The fourth-order valence-electron chi connectivity index (χ4n) is 7.50. The molecule has 5 rings (SSSR count). The number of piperidine rings is 2. The fourth-order valence-corrected chi connectivity index (χ4v) is 7.50. The molecule has 0 bridgehead atoms. The van der Waals surface area contributed by atoms with Crippen molar-refractivity contribution < 1.29 is 10.2 Å². The van der Waals surface area contributed by atoms with Crippen LogP contribution in [0.15, 0.2) is 34.3 Å². The Hall–Kier alpha value is -2.70. The van der Waals surface area contributed by atoms with Gasteiger partial charge in [0.05, 0.1) is 12.1 Å². The zero-order valence-corrected chi connectivity index (χ0v) is 29.6. The summed E-state index contributed by atoms with van der Waals surface area (Å²) in [4.78, 5) is 15.3. The van der Waals surface area contributed by atoms with E-state index in [4.69, 9.17) is 9.98 Å². The highest BCUT2D eigenvalue weighted by atomic mass is 16.3. The number of aromatic hydroxyl groups is 2. The molecule has 0 radical (unpaired) electrons. The van der Waals surface area contributed by atoms with Gasteiger partial charge in [-0.3, -0.25) is 19.8 Å². The number of rotatable bonds is 8. The van der Waals surface area contributed by atoms with Crippen LogP contribution < -0.4 is 0 Å². The smallest absolute Gasteiger partial charge is 0.128 e. The van der Waals surface area contributed by atoms with Crippen LogP contribution in [-0.2, 0) is 23.9 Å². The quantitative estimate of drug-likeness (QED) is 0.288. The van der Waals surface area contributed by atoms with Crippen LogP contribution in [0.3, 0.4) is 0 Å². The molecule has 2 aromatic carbocycles. The molecule has 1 saturated carbocycles. The topological polar surface area (TPSA) is 71.7 Å². The number of hydrogen-bond donors (Lipinski definition) is 2. The van der Waals surface area contributed by atoms with E-state index in [1.807, 2.05) is 12.4 Å². The molecule has 1 aliphatic carbocycles. The zero-order chi connectivity index (χ0) is 32.9. The highest BCUT2D eigenvalue weighted by molar-refractivity contribution is 5.86. The van der Waals surface area contributed by atoms with E-state index in [-0.39, 0.29) is 22.9 Å². The lowest BCUT2D eigenvalue weighted by Gasteiger charge is -2.29. The van der Waals surface area contributed by atoms with E-state index in [1.54, 1.807) is 0 Å². The standard InChI is InChI=1S/C40H60N4O2/c1-39(2,3)33-23-29(27-43-17-11-7-12-18-43)21-31(37(33)45)25-41-35-15-9-10-16-36(35)42-26-32-22-30(28-44-19-13-8-14-20-44)24-34(38(32)46)40(4,5)6/h21-26,35-36,45-46H,7-20,27-28H2,1-6H3/t35-,36-/m1/s1. The molecule has 0 aromatic heterocycles. The van der Waals surface area contributed by atoms with Crippen LogP contribution >= 0.6 is 0 Å². The van der Waals surface area contributed by atoms with E-state index in [0.29, 0.717) is 11.5 Å². The van der Waals surface area contributed by atoms with Gasteiger partial charge in [-0.25, -0.2) is 0 Å². The minimum atomic E-state index is -0.168. The van der Waals surface area contributed by atoms with Crippen LogP contribution in [0.25, 0.3) is 0 Å². The number of benzene rings is 2. The molecule has 2 N–H and O–H groups in total. The lowest BCUT2D eigenvalue weighted by atomic mass is 9.84. The van der Waals surface area contributed by atoms with E-state index in [1.165, 1.54) is 49.7 Å². The Morgan fingerprint density at radius 2 is 0.957 bits per heavy atom. The Balaban J connectivity index is 1.39. The van der Waals surface area contributed by atoms with Gasteiger partial charge in [0.15, 0.2) is 0 Å². The number of phenols is 2. The Kier molecular flexibility index (Phi) is 11.3.